The van der Waals surface area contributed by atoms with Gasteiger partial charge in [-0.25, -0.2) is 17.4 Å². The molecule has 32 heavy (non-hydrogen) atoms. The number of ether oxygens (including phenoxy) is 2. The van der Waals surface area contributed by atoms with Gasteiger partial charge in [0.1, 0.15) is 30.4 Å². The Morgan fingerprint density at radius 2 is 2.19 bits per heavy atom. The van der Waals surface area contributed by atoms with Crippen LogP contribution in [0.4, 0.5) is 13.2 Å². The van der Waals surface area contributed by atoms with Crippen LogP contribution in [-0.2, 0) is 20.5 Å². The second-order valence-corrected chi connectivity index (χ2v) is 8.77. The Balaban J connectivity index is 1.97. The van der Waals surface area contributed by atoms with Gasteiger partial charge >= 0.3 is 0 Å². The van der Waals surface area contributed by atoms with E-state index in [2.05, 4.69) is 4.99 Å². The number of benzene rings is 1. The van der Waals surface area contributed by atoms with Gasteiger partial charge in [0.2, 0.25) is 0 Å². The number of aliphatic imine (C=N–C) groups is 1. The smallest absolute Gasteiger partial charge is 0.158 e. The minimum atomic E-state index is -2.26. The van der Waals surface area contributed by atoms with Crippen molar-refractivity contribution in [1.29, 1.82) is 5.41 Å². The molecule has 1 aliphatic carbocycles. The molecule has 0 amide bonds. The zero-order chi connectivity index (χ0) is 23.1. The lowest BCUT2D eigenvalue weighted by Gasteiger charge is -2.29. The van der Waals surface area contributed by atoms with Crippen LogP contribution in [0, 0.1) is 23.0 Å². The molecule has 0 spiro atoms. The summed E-state index contributed by atoms with van der Waals surface area (Å²) in [6.45, 7) is 0.269. The fourth-order valence-electron chi connectivity index (χ4n) is 3.62. The molecule has 1 aliphatic heterocycles. The molecule has 3 rings (SSSR count). The molecule has 2 aliphatic rings. The third kappa shape index (κ3) is 5.73. The standard InChI is InChI=1S/C22H26F3N3O3S/c1-30-14-28(32(29)20-13-15(23)8-9-17(20)24)19-6-4-5-16(22(19)25)18(10-11-26)27-21-7-2-3-12-31-21/h4,6,8-9,11,13,16,21,26H,2-3,5,7,10,12,14H2,1H3. The number of allylic oxidation sites excluding steroid dienone is 3. The number of rotatable bonds is 9. The van der Waals surface area contributed by atoms with Gasteiger partial charge < -0.3 is 14.9 Å². The highest BCUT2D eigenvalue weighted by Crippen LogP contribution is 2.33. The predicted molar refractivity (Wildman–Crippen MR) is 116 cm³/mol. The average Bonchev–Trinajstić information content (AvgIpc) is 2.79. The van der Waals surface area contributed by atoms with Crippen LogP contribution in [0.15, 0.2) is 51.8 Å². The maximum Gasteiger partial charge on any atom is 0.158 e. The zero-order valence-corrected chi connectivity index (χ0v) is 18.5. The summed E-state index contributed by atoms with van der Waals surface area (Å²) in [5, 5.41) is 7.50. The summed E-state index contributed by atoms with van der Waals surface area (Å²) in [6.07, 6.45) is 6.99. The van der Waals surface area contributed by atoms with E-state index >= 15 is 4.39 Å². The highest BCUT2D eigenvalue weighted by atomic mass is 32.2. The van der Waals surface area contributed by atoms with Gasteiger partial charge in [0.15, 0.2) is 11.0 Å². The first-order valence-electron chi connectivity index (χ1n) is 10.3. The summed E-state index contributed by atoms with van der Waals surface area (Å²) in [6, 6.07) is 2.61. The quantitative estimate of drug-likeness (QED) is 0.422. The van der Waals surface area contributed by atoms with Crippen LogP contribution in [0.1, 0.15) is 32.1 Å². The molecule has 6 nitrogen and oxygen atoms in total. The third-order valence-electron chi connectivity index (χ3n) is 5.17. The number of methoxy groups -OCH3 is 1. The molecule has 174 valence electrons. The molecule has 1 heterocycles. The van der Waals surface area contributed by atoms with Crippen LogP contribution in [0.5, 0.6) is 0 Å². The molecule has 1 saturated heterocycles. The Morgan fingerprint density at radius 1 is 1.38 bits per heavy atom. The summed E-state index contributed by atoms with van der Waals surface area (Å²) in [5.74, 6) is -3.03. The number of hydrogen-bond donors (Lipinski definition) is 1. The Morgan fingerprint density at radius 3 is 2.88 bits per heavy atom. The maximum atomic E-state index is 15.7. The molecular weight excluding hydrogens is 443 g/mol. The van der Waals surface area contributed by atoms with E-state index in [0.29, 0.717) is 18.7 Å². The highest BCUT2D eigenvalue weighted by Gasteiger charge is 2.31. The molecular formula is C22H26F3N3O3S. The SMILES string of the molecule is COCN(C1=C(F)C(C(CC=N)=NC2CCCCO2)CC=C1)S(=O)c1cc(F)ccc1F. The van der Waals surface area contributed by atoms with Gasteiger partial charge in [-0.2, -0.15) is 0 Å². The van der Waals surface area contributed by atoms with Gasteiger partial charge in [-0.15, -0.1) is 0 Å². The van der Waals surface area contributed by atoms with Crippen molar-refractivity contribution in [2.75, 3.05) is 20.4 Å². The summed E-state index contributed by atoms with van der Waals surface area (Å²) in [4.78, 5) is 4.15. The van der Waals surface area contributed by atoms with Crippen LogP contribution in [0.2, 0.25) is 0 Å². The number of hydrogen-bond acceptors (Lipinski definition) is 5. The van der Waals surface area contributed by atoms with Gasteiger partial charge in [0.05, 0.1) is 16.5 Å². The lowest BCUT2D eigenvalue weighted by atomic mass is 9.91. The molecule has 0 saturated carbocycles. The molecule has 0 aromatic heterocycles. The van der Waals surface area contributed by atoms with Gasteiger partial charge in [-0.1, -0.05) is 6.08 Å². The molecule has 10 heteroatoms. The van der Waals surface area contributed by atoms with Crippen molar-refractivity contribution in [2.45, 2.75) is 43.2 Å². The molecule has 3 unspecified atom stereocenters. The van der Waals surface area contributed by atoms with Crippen LogP contribution < -0.4 is 0 Å². The van der Waals surface area contributed by atoms with Crippen LogP contribution in [0.3, 0.4) is 0 Å². The summed E-state index contributed by atoms with van der Waals surface area (Å²) >= 11 is 0. The van der Waals surface area contributed by atoms with Gasteiger partial charge in [-0.05, 0) is 50.0 Å². The Kier molecular flexibility index (Phi) is 8.77. The van der Waals surface area contributed by atoms with Crippen LogP contribution >= 0.6 is 0 Å². The van der Waals surface area contributed by atoms with Gasteiger partial charge in [0.25, 0.3) is 0 Å². The third-order valence-corrected chi connectivity index (χ3v) is 6.57. The predicted octanol–water partition coefficient (Wildman–Crippen LogP) is 4.66. The summed E-state index contributed by atoms with van der Waals surface area (Å²) in [7, 11) is -0.934. The molecule has 3 atom stereocenters. The van der Waals surface area contributed by atoms with Crippen molar-refractivity contribution in [1.82, 2.24) is 4.31 Å². The molecule has 0 bridgehead atoms. The van der Waals surface area contributed by atoms with E-state index in [-0.39, 0.29) is 25.1 Å². The number of nitrogens with zero attached hydrogens (tertiary/aromatic N) is 2. The van der Waals surface area contributed by atoms with Gasteiger partial charge in [-0.3, -0.25) is 9.30 Å². The largest absolute Gasteiger partial charge is 0.363 e. The Bertz CT molecular complexity index is 946. The monoisotopic (exact) mass is 469 g/mol. The fraction of sp³-hybridized carbons (Fsp3) is 0.455. The van der Waals surface area contributed by atoms with E-state index in [0.717, 1.165) is 48.0 Å². The van der Waals surface area contributed by atoms with E-state index in [4.69, 9.17) is 14.9 Å². The van der Waals surface area contributed by atoms with E-state index < -0.39 is 39.3 Å². The normalized spacial score (nSPS) is 22.7. The minimum Gasteiger partial charge on any atom is -0.363 e. The topological polar surface area (TPSA) is 75.0 Å². The number of halogens is 3. The van der Waals surface area contributed by atoms with E-state index in [1.165, 1.54) is 13.2 Å². The van der Waals surface area contributed by atoms with Crippen molar-refractivity contribution in [2.24, 2.45) is 10.9 Å². The minimum absolute atomic E-state index is 0.0627. The summed E-state index contributed by atoms with van der Waals surface area (Å²) < 4.78 is 68.4. The summed E-state index contributed by atoms with van der Waals surface area (Å²) in [5.41, 5.74) is 0.388. The lowest BCUT2D eigenvalue weighted by Crippen LogP contribution is -2.32. The Hall–Kier alpha value is -2.30. The Labute approximate surface area is 187 Å². The van der Waals surface area contributed by atoms with Crippen molar-refractivity contribution in [3.05, 3.63) is 53.5 Å². The van der Waals surface area contributed by atoms with Crippen LogP contribution in [-0.4, -0.2) is 47.1 Å². The zero-order valence-electron chi connectivity index (χ0n) is 17.7. The second kappa shape index (κ2) is 11.5. The first-order valence-corrected chi connectivity index (χ1v) is 11.4. The molecule has 1 N–H and O–H groups in total. The van der Waals surface area contributed by atoms with E-state index in [1.54, 1.807) is 6.08 Å². The molecule has 0 radical (unpaired) electrons. The first kappa shape index (κ1) is 24.3. The van der Waals surface area contributed by atoms with Crippen LogP contribution in [0.25, 0.3) is 0 Å². The van der Waals surface area contributed by atoms with Crippen molar-refractivity contribution in [3.63, 3.8) is 0 Å². The lowest BCUT2D eigenvalue weighted by molar-refractivity contribution is 0.0220. The van der Waals surface area contributed by atoms with Crippen molar-refractivity contribution < 1.29 is 26.9 Å². The molecule has 1 aromatic carbocycles. The van der Waals surface area contributed by atoms with E-state index in [1.807, 2.05) is 0 Å². The van der Waals surface area contributed by atoms with Crippen molar-refractivity contribution >= 4 is 22.9 Å². The molecule has 1 fully saturated rings. The van der Waals surface area contributed by atoms with Crippen molar-refractivity contribution in [3.8, 4) is 0 Å². The number of nitrogens with one attached hydrogen (secondary N) is 1. The molecule has 1 aromatic rings. The van der Waals surface area contributed by atoms with E-state index in [9.17, 15) is 13.0 Å². The maximum absolute atomic E-state index is 15.7. The first-order chi connectivity index (χ1) is 15.5. The fourth-order valence-corrected chi connectivity index (χ4v) is 4.83. The highest BCUT2D eigenvalue weighted by molar-refractivity contribution is 7.82. The van der Waals surface area contributed by atoms with Gasteiger partial charge in [0, 0.05) is 32.1 Å². The second-order valence-electron chi connectivity index (χ2n) is 7.39. The average molecular weight is 470 g/mol.